The quantitative estimate of drug-likeness (QED) is 0.499. The molecule has 0 saturated heterocycles. The number of rotatable bonds is 5. The van der Waals surface area contributed by atoms with Gasteiger partial charge in [0, 0.05) is 6.92 Å². The summed E-state index contributed by atoms with van der Waals surface area (Å²) in [5, 5.41) is 11.9. The normalized spacial score (nSPS) is 13.9. The van der Waals surface area contributed by atoms with E-state index in [1.165, 1.54) is 6.92 Å². The summed E-state index contributed by atoms with van der Waals surface area (Å²) in [6.45, 7) is 8.19. The van der Waals surface area contributed by atoms with Crippen LogP contribution in [0.5, 0.6) is 0 Å². The Hall–Kier alpha value is -1.36. The van der Waals surface area contributed by atoms with Crippen molar-refractivity contribution in [3.05, 3.63) is 12.2 Å². The number of carbonyl (C=O) groups is 2. The molecule has 0 aromatic carbocycles. The Morgan fingerprint density at radius 1 is 1.47 bits per heavy atom. The average molecular weight is 215 g/mol. The summed E-state index contributed by atoms with van der Waals surface area (Å²) in [5.74, 6) is -1.07. The molecule has 0 fully saturated rings. The third-order valence-electron chi connectivity index (χ3n) is 1.72. The molecule has 0 aliphatic rings. The van der Waals surface area contributed by atoms with Gasteiger partial charge in [-0.1, -0.05) is 6.58 Å². The zero-order valence-electron chi connectivity index (χ0n) is 9.24. The Labute approximate surface area is 89.1 Å². The van der Waals surface area contributed by atoms with Gasteiger partial charge >= 0.3 is 5.97 Å². The van der Waals surface area contributed by atoms with Gasteiger partial charge in [-0.05, 0) is 19.4 Å². The van der Waals surface area contributed by atoms with Gasteiger partial charge in [-0.15, -0.1) is 0 Å². The molecule has 15 heavy (non-hydrogen) atoms. The van der Waals surface area contributed by atoms with E-state index in [0.29, 0.717) is 5.57 Å². The molecule has 0 spiro atoms. The fraction of sp³-hybridized carbons (Fsp3) is 0.600. The van der Waals surface area contributed by atoms with Crippen LogP contribution in [0.1, 0.15) is 20.8 Å². The van der Waals surface area contributed by atoms with Gasteiger partial charge in [0.15, 0.2) is 6.04 Å². The lowest BCUT2D eigenvalue weighted by Gasteiger charge is -2.21. The maximum atomic E-state index is 11.4. The van der Waals surface area contributed by atoms with Gasteiger partial charge in [0.05, 0.1) is 6.61 Å². The lowest BCUT2D eigenvalue weighted by atomic mass is 10.1. The van der Waals surface area contributed by atoms with E-state index in [-0.39, 0.29) is 6.61 Å². The smallest absolute Gasteiger partial charge is 0.331 e. The van der Waals surface area contributed by atoms with E-state index < -0.39 is 24.0 Å². The molecule has 0 aromatic rings. The molecule has 86 valence electrons. The van der Waals surface area contributed by atoms with Gasteiger partial charge in [0.1, 0.15) is 6.10 Å². The zero-order chi connectivity index (χ0) is 12.0. The van der Waals surface area contributed by atoms with Crippen molar-refractivity contribution in [3.63, 3.8) is 0 Å². The summed E-state index contributed by atoms with van der Waals surface area (Å²) < 4.78 is 4.72. The standard InChI is InChI=1S/C10H17NO4/c1-5-15-10(14)8(11-7(4)12)9(13)6(2)3/h8-9,13H,2,5H2,1,3-4H3,(H,11,12). The van der Waals surface area contributed by atoms with Crippen molar-refractivity contribution < 1.29 is 19.4 Å². The van der Waals surface area contributed by atoms with Crippen LogP contribution >= 0.6 is 0 Å². The van der Waals surface area contributed by atoms with Crippen LogP contribution in [0.25, 0.3) is 0 Å². The number of aliphatic hydroxyl groups excluding tert-OH is 1. The number of amides is 1. The van der Waals surface area contributed by atoms with Gasteiger partial charge in [-0.2, -0.15) is 0 Å². The van der Waals surface area contributed by atoms with E-state index in [9.17, 15) is 14.7 Å². The summed E-state index contributed by atoms with van der Waals surface area (Å²) in [7, 11) is 0. The SMILES string of the molecule is C=C(C)C(O)C(NC(C)=O)C(=O)OCC. The molecule has 2 atom stereocenters. The maximum absolute atomic E-state index is 11.4. The van der Waals surface area contributed by atoms with Gasteiger partial charge < -0.3 is 15.2 Å². The Morgan fingerprint density at radius 3 is 2.33 bits per heavy atom. The van der Waals surface area contributed by atoms with Crippen LogP contribution in [0.3, 0.4) is 0 Å². The fourth-order valence-electron chi connectivity index (χ4n) is 1.00. The highest BCUT2D eigenvalue weighted by atomic mass is 16.5. The van der Waals surface area contributed by atoms with Crippen molar-refractivity contribution >= 4 is 11.9 Å². The molecule has 0 saturated carbocycles. The Bertz CT molecular complexity index is 262. The molecule has 0 aliphatic carbocycles. The second-order valence-corrected chi connectivity index (χ2v) is 3.22. The summed E-state index contributed by atoms with van der Waals surface area (Å²) in [6, 6.07) is -1.08. The second-order valence-electron chi connectivity index (χ2n) is 3.22. The largest absolute Gasteiger partial charge is 0.464 e. The number of aliphatic hydroxyl groups is 1. The predicted molar refractivity (Wildman–Crippen MR) is 55.1 cm³/mol. The van der Waals surface area contributed by atoms with E-state index in [4.69, 9.17) is 4.74 Å². The number of nitrogens with one attached hydrogen (secondary N) is 1. The molecule has 0 aromatic heterocycles. The molecule has 0 rings (SSSR count). The molecule has 0 aliphatic heterocycles. The van der Waals surface area contributed by atoms with Gasteiger partial charge in [0.25, 0.3) is 0 Å². The highest BCUT2D eigenvalue weighted by Crippen LogP contribution is 2.05. The summed E-state index contributed by atoms with van der Waals surface area (Å²) in [6.07, 6.45) is -1.13. The monoisotopic (exact) mass is 215 g/mol. The second kappa shape index (κ2) is 6.19. The van der Waals surface area contributed by atoms with Crippen LogP contribution in [0.15, 0.2) is 12.2 Å². The molecule has 2 N–H and O–H groups in total. The first-order chi connectivity index (χ1) is 6.90. The number of hydrogen-bond donors (Lipinski definition) is 2. The lowest BCUT2D eigenvalue weighted by Crippen LogP contribution is -2.49. The van der Waals surface area contributed by atoms with Crippen molar-refractivity contribution in [3.8, 4) is 0 Å². The number of carbonyl (C=O) groups excluding carboxylic acids is 2. The van der Waals surface area contributed by atoms with Crippen molar-refractivity contribution in [1.82, 2.24) is 5.32 Å². The predicted octanol–water partition coefficient (Wildman–Crippen LogP) is -0.00880. The lowest BCUT2D eigenvalue weighted by molar-refractivity contribution is -0.149. The van der Waals surface area contributed by atoms with Crippen molar-refractivity contribution in [2.24, 2.45) is 0 Å². The van der Waals surface area contributed by atoms with E-state index in [2.05, 4.69) is 11.9 Å². The number of hydrogen-bond acceptors (Lipinski definition) is 4. The minimum absolute atomic E-state index is 0.192. The van der Waals surface area contributed by atoms with Gasteiger partial charge in [0.2, 0.25) is 5.91 Å². The van der Waals surface area contributed by atoms with Gasteiger partial charge in [-0.25, -0.2) is 4.79 Å². The topological polar surface area (TPSA) is 75.6 Å². The van der Waals surface area contributed by atoms with Crippen LogP contribution in [-0.4, -0.2) is 35.7 Å². The van der Waals surface area contributed by atoms with E-state index in [1.54, 1.807) is 13.8 Å². The van der Waals surface area contributed by atoms with Gasteiger partial charge in [-0.3, -0.25) is 4.79 Å². The molecular weight excluding hydrogens is 198 g/mol. The Balaban J connectivity index is 4.63. The summed E-state index contributed by atoms with van der Waals surface area (Å²) in [5.41, 5.74) is 0.391. The molecule has 0 heterocycles. The fourth-order valence-corrected chi connectivity index (χ4v) is 1.00. The average Bonchev–Trinajstić information content (AvgIpc) is 2.13. The minimum Gasteiger partial charge on any atom is -0.464 e. The summed E-state index contributed by atoms with van der Waals surface area (Å²) >= 11 is 0. The van der Waals surface area contributed by atoms with E-state index >= 15 is 0 Å². The van der Waals surface area contributed by atoms with Crippen molar-refractivity contribution in [1.29, 1.82) is 0 Å². The van der Waals surface area contributed by atoms with Crippen LogP contribution in [0.4, 0.5) is 0 Å². The third-order valence-corrected chi connectivity index (χ3v) is 1.72. The van der Waals surface area contributed by atoms with E-state index in [0.717, 1.165) is 0 Å². The molecule has 5 nitrogen and oxygen atoms in total. The highest BCUT2D eigenvalue weighted by Gasteiger charge is 2.29. The summed E-state index contributed by atoms with van der Waals surface area (Å²) in [4.78, 5) is 22.2. The minimum atomic E-state index is -1.13. The number of ether oxygens (including phenoxy) is 1. The van der Waals surface area contributed by atoms with Crippen LogP contribution < -0.4 is 5.32 Å². The first kappa shape index (κ1) is 13.6. The molecule has 1 amide bonds. The first-order valence-electron chi connectivity index (χ1n) is 4.67. The molecule has 0 bridgehead atoms. The van der Waals surface area contributed by atoms with Crippen LogP contribution in [-0.2, 0) is 14.3 Å². The molecule has 5 heteroatoms. The Morgan fingerprint density at radius 2 is 2.00 bits per heavy atom. The number of esters is 1. The molecular formula is C10H17NO4. The van der Waals surface area contributed by atoms with Crippen molar-refractivity contribution in [2.45, 2.75) is 32.9 Å². The van der Waals surface area contributed by atoms with Crippen LogP contribution in [0.2, 0.25) is 0 Å². The van der Waals surface area contributed by atoms with E-state index in [1.807, 2.05) is 0 Å². The molecule has 0 radical (unpaired) electrons. The molecule has 2 unspecified atom stereocenters. The highest BCUT2D eigenvalue weighted by molar-refractivity contribution is 5.84. The first-order valence-corrected chi connectivity index (χ1v) is 4.67. The van der Waals surface area contributed by atoms with Crippen molar-refractivity contribution in [2.75, 3.05) is 6.61 Å². The zero-order valence-corrected chi connectivity index (χ0v) is 9.24. The van der Waals surface area contributed by atoms with Crippen LogP contribution in [0, 0.1) is 0 Å². The third kappa shape index (κ3) is 4.60. The Kier molecular flexibility index (Phi) is 5.62. The maximum Gasteiger partial charge on any atom is 0.331 e.